The molecule has 2 aromatic carbocycles. The fourth-order valence-corrected chi connectivity index (χ4v) is 11.9. The van der Waals surface area contributed by atoms with Gasteiger partial charge in [0.05, 0.1) is 6.04 Å². The van der Waals surface area contributed by atoms with E-state index in [4.69, 9.17) is 21.7 Å². The van der Waals surface area contributed by atoms with Crippen LogP contribution in [0, 0.1) is 11.6 Å². The molecule has 5 unspecified atom stereocenters. The number of aldehydes is 2. The zero-order valence-electron chi connectivity index (χ0n) is 36.1. The summed E-state index contributed by atoms with van der Waals surface area (Å²) >= 11 is 0. The van der Waals surface area contributed by atoms with Crippen LogP contribution in [-0.4, -0.2) is 140 Å². The Hall–Kier alpha value is -4.29. The maximum atomic E-state index is 14.0. The van der Waals surface area contributed by atoms with E-state index in [1.54, 1.807) is 42.5 Å². The fourth-order valence-electron chi connectivity index (χ4n) is 6.17. The number of nitrogens with one attached hydrogen (secondary N) is 2. The average Bonchev–Trinajstić information content (AvgIpc) is 3.28. The second kappa shape index (κ2) is 31.6. The number of rotatable bonds is 23. The van der Waals surface area contributed by atoms with Crippen LogP contribution in [0.2, 0.25) is 0 Å². The Morgan fingerprint density at radius 3 is 1.66 bits per heavy atom. The van der Waals surface area contributed by atoms with Gasteiger partial charge in [-0.3, -0.25) is 38.6 Å². The maximum absolute atomic E-state index is 14.0. The summed E-state index contributed by atoms with van der Waals surface area (Å²) in [5.74, 6) is -4.76. The summed E-state index contributed by atoms with van der Waals surface area (Å²) in [6.07, 6.45) is 5.70. The summed E-state index contributed by atoms with van der Waals surface area (Å²) in [5, 5.41) is 31.5. The first-order valence-electron chi connectivity index (χ1n) is 20.6. The number of carboxylic acid groups (broad SMARTS) is 3. The average molecular weight is 985 g/mol. The fraction of sp³-hybridized carbons (Fsp3) is 0.465. The molecule has 2 aliphatic rings. The molecule has 9 N–H and O–H groups in total. The Morgan fingerprint density at radius 1 is 0.754 bits per heavy atom. The van der Waals surface area contributed by atoms with Gasteiger partial charge in [0.15, 0.2) is 0 Å². The van der Waals surface area contributed by atoms with Gasteiger partial charge in [-0.15, -0.1) is 0 Å². The number of amides is 2. The van der Waals surface area contributed by atoms with Crippen molar-refractivity contribution in [3.05, 3.63) is 94.6 Å². The highest BCUT2D eigenvalue weighted by molar-refractivity contribution is 8.77. The number of piperidine rings is 2. The van der Waals surface area contributed by atoms with Crippen LogP contribution in [0.15, 0.2) is 71.8 Å². The predicted molar refractivity (Wildman–Crippen MR) is 253 cm³/mol. The second-order valence-corrected chi connectivity index (χ2v) is 19.6. The van der Waals surface area contributed by atoms with Gasteiger partial charge in [0.25, 0.3) is 0 Å². The predicted octanol–water partition coefficient (Wildman–Crippen LogP) is 4.13. The zero-order chi connectivity index (χ0) is 48.3. The molecule has 2 heterocycles. The Morgan fingerprint density at radius 2 is 1.23 bits per heavy atom. The van der Waals surface area contributed by atoms with Crippen molar-refractivity contribution in [3.63, 3.8) is 0 Å². The Kier molecular flexibility index (Phi) is 27.6. The van der Waals surface area contributed by atoms with Crippen LogP contribution in [-0.2, 0) is 46.7 Å². The van der Waals surface area contributed by atoms with Crippen LogP contribution in [0.5, 0.6) is 0 Å². The van der Waals surface area contributed by atoms with Gasteiger partial charge < -0.3 is 37.4 Å². The SMILES string of the molecule is CC.NC(CCC(=O)NC(CSSC1CCN(Cc2ccccc2F)C/C1=C/C=O)C(=O)O)C(=O)O.NC(CSSC1CCN(Cc2ccccc2F)C/C1=C/C=O)C(=O)NCC(=O)O. The maximum Gasteiger partial charge on any atom is 0.327 e. The van der Waals surface area contributed by atoms with Crippen molar-refractivity contribution < 1.29 is 57.7 Å². The molecule has 5 atom stereocenters. The van der Waals surface area contributed by atoms with Crippen LogP contribution in [0.4, 0.5) is 8.78 Å². The summed E-state index contributed by atoms with van der Waals surface area (Å²) in [6.45, 7) is 6.94. The Balaban J connectivity index is 0.000000435. The van der Waals surface area contributed by atoms with Crippen LogP contribution >= 0.6 is 43.2 Å². The molecule has 2 fully saturated rings. The minimum absolute atomic E-state index is 0.0224. The molecule has 0 saturated carbocycles. The summed E-state index contributed by atoms with van der Waals surface area (Å²) in [6, 6.07) is 10.0. The monoisotopic (exact) mass is 984 g/mol. The normalized spacial score (nSPS) is 19.0. The molecule has 65 heavy (non-hydrogen) atoms. The summed E-state index contributed by atoms with van der Waals surface area (Å²) in [7, 11) is 5.66. The lowest BCUT2D eigenvalue weighted by Crippen LogP contribution is -2.44. The molecule has 2 aromatic rings. The van der Waals surface area contributed by atoms with Crippen molar-refractivity contribution in [1.82, 2.24) is 20.4 Å². The van der Waals surface area contributed by atoms with E-state index >= 15 is 0 Å². The van der Waals surface area contributed by atoms with Crippen LogP contribution in [0.1, 0.15) is 50.7 Å². The van der Waals surface area contributed by atoms with Gasteiger partial charge in [-0.2, -0.15) is 0 Å². The zero-order valence-corrected chi connectivity index (χ0v) is 39.4. The number of nitrogens with two attached hydrogens (primary N) is 2. The van der Waals surface area contributed by atoms with Gasteiger partial charge in [-0.25, -0.2) is 13.6 Å². The van der Waals surface area contributed by atoms with Crippen LogP contribution in [0.25, 0.3) is 0 Å². The van der Waals surface area contributed by atoms with Crippen LogP contribution < -0.4 is 22.1 Å². The summed E-state index contributed by atoms with van der Waals surface area (Å²) in [5.41, 5.74) is 14.2. The lowest BCUT2D eigenvalue weighted by molar-refractivity contribution is -0.141. The van der Waals surface area contributed by atoms with Gasteiger partial charge in [0, 0.05) is 78.8 Å². The first-order valence-corrected chi connectivity index (χ1v) is 25.4. The number of allylic oxidation sites excluding steroid dienone is 2. The lowest BCUT2D eigenvalue weighted by atomic mass is 10.0. The molecule has 2 aliphatic heterocycles. The number of aliphatic carboxylic acids is 3. The minimum atomic E-state index is -1.23. The van der Waals surface area contributed by atoms with Crippen molar-refractivity contribution in [2.24, 2.45) is 11.5 Å². The van der Waals surface area contributed by atoms with E-state index in [1.165, 1.54) is 61.4 Å². The summed E-state index contributed by atoms with van der Waals surface area (Å²) < 4.78 is 27.9. The number of carbonyl (C=O) groups excluding carboxylic acids is 4. The molecule has 0 spiro atoms. The molecular formula is C43H58F2N6O10S4. The molecule has 16 nitrogen and oxygen atoms in total. The van der Waals surface area contributed by atoms with E-state index in [0.29, 0.717) is 62.3 Å². The Labute approximate surface area is 393 Å². The Bertz CT molecular complexity index is 1950. The van der Waals surface area contributed by atoms with E-state index in [-0.39, 0.29) is 40.7 Å². The van der Waals surface area contributed by atoms with Crippen molar-refractivity contribution in [1.29, 1.82) is 0 Å². The molecule has 2 saturated heterocycles. The molecule has 0 aliphatic carbocycles. The van der Waals surface area contributed by atoms with Gasteiger partial charge in [-0.05, 0) is 54.7 Å². The van der Waals surface area contributed by atoms with Gasteiger partial charge in [0.2, 0.25) is 11.8 Å². The number of benzene rings is 2. The van der Waals surface area contributed by atoms with Crippen molar-refractivity contribution >= 4 is 85.5 Å². The quantitative estimate of drug-likeness (QED) is 0.0469. The number of likely N-dealkylation sites (tertiary alicyclic amines) is 2. The largest absolute Gasteiger partial charge is 0.480 e. The molecule has 0 aromatic heterocycles. The van der Waals surface area contributed by atoms with Gasteiger partial charge >= 0.3 is 17.9 Å². The number of carboxylic acids is 3. The number of halogens is 2. The number of hydrogen-bond donors (Lipinski definition) is 7. The third-order valence-corrected chi connectivity index (χ3v) is 15.4. The highest BCUT2D eigenvalue weighted by atomic mass is 33.1. The highest BCUT2D eigenvalue weighted by Gasteiger charge is 2.28. The van der Waals surface area contributed by atoms with Gasteiger partial charge in [0.1, 0.15) is 42.8 Å². The minimum Gasteiger partial charge on any atom is -0.480 e. The first kappa shape index (κ1) is 56.8. The first-order chi connectivity index (χ1) is 31.1. The van der Waals surface area contributed by atoms with Crippen LogP contribution in [0.3, 0.4) is 0 Å². The molecule has 0 bridgehead atoms. The third-order valence-electron chi connectivity index (χ3n) is 9.56. The van der Waals surface area contributed by atoms with Crippen molar-refractivity contribution in [2.75, 3.05) is 44.2 Å². The number of carbonyl (C=O) groups is 7. The van der Waals surface area contributed by atoms with Crippen molar-refractivity contribution in [3.8, 4) is 0 Å². The molecule has 22 heteroatoms. The smallest absolute Gasteiger partial charge is 0.327 e. The molecular weight excluding hydrogens is 927 g/mol. The number of hydrogen-bond acceptors (Lipinski definition) is 15. The molecule has 0 radical (unpaired) electrons. The third kappa shape index (κ3) is 21.7. The molecule has 2 amide bonds. The molecule has 358 valence electrons. The van der Waals surface area contributed by atoms with E-state index in [1.807, 2.05) is 13.8 Å². The van der Waals surface area contributed by atoms with Crippen molar-refractivity contribution in [2.45, 2.75) is 81.2 Å². The lowest BCUT2D eigenvalue weighted by Gasteiger charge is -2.33. The van der Waals surface area contributed by atoms with E-state index in [2.05, 4.69) is 20.4 Å². The number of nitrogens with zero attached hydrogens (tertiary/aromatic N) is 2. The summed E-state index contributed by atoms with van der Waals surface area (Å²) in [4.78, 5) is 82.8. The topological polar surface area (TPSA) is 263 Å². The van der Waals surface area contributed by atoms with Gasteiger partial charge in [-0.1, -0.05) is 93.4 Å². The standard InChI is InChI=1S/C22H28FN3O6S2.C19H24FN3O4S2.C2H6/c23-16-4-2-1-3-14(16)11-26-9-7-19(15(12-26)8-10-27)34-33-13-18(22(31)32)25-20(28)6-5-17(24)21(29)30;20-15-4-2-1-3-13(15)10-23-7-5-17(14(11-23)6-8-24)29-28-12-16(21)19(27)22-9-18(25)26;1-2/h1-4,8,10,17-19H,5-7,9,11-13,24H2,(H,25,28)(H,29,30)(H,31,32);1-4,6,8,16-17H,5,7,9-12,21H2,(H,22,27)(H,25,26);1-2H3/b15-8-;14-6-;. The second-order valence-electron chi connectivity index (χ2n) is 14.3. The molecule has 4 rings (SSSR count). The van der Waals surface area contributed by atoms with E-state index in [0.717, 1.165) is 30.4 Å². The van der Waals surface area contributed by atoms with E-state index in [9.17, 15) is 47.4 Å². The van der Waals surface area contributed by atoms with E-state index < -0.39 is 54.4 Å². The highest BCUT2D eigenvalue weighted by Crippen LogP contribution is 2.38.